The number of sulfonamides is 1. The van der Waals surface area contributed by atoms with Crippen molar-refractivity contribution in [2.45, 2.75) is 23.8 Å². The number of aromatic carboxylic acids is 1. The van der Waals surface area contributed by atoms with E-state index < -0.39 is 27.2 Å². The van der Waals surface area contributed by atoms with E-state index in [9.17, 15) is 27.9 Å². The molecule has 2 aromatic heterocycles. The lowest BCUT2D eigenvalue weighted by atomic mass is 10.1. The molecule has 1 saturated carbocycles. The maximum atomic E-state index is 15.3. The molecule has 0 radical (unpaired) electrons. The molecular formula is C29H28FN7O6S. The third-order valence-corrected chi connectivity index (χ3v) is 8.94. The van der Waals surface area contributed by atoms with E-state index in [-0.39, 0.29) is 40.3 Å². The van der Waals surface area contributed by atoms with Crippen LogP contribution in [-0.2, 0) is 14.8 Å². The van der Waals surface area contributed by atoms with Gasteiger partial charge in [-0.1, -0.05) is 0 Å². The van der Waals surface area contributed by atoms with Crippen LogP contribution in [0.25, 0.3) is 10.9 Å². The summed E-state index contributed by atoms with van der Waals surface area (Å²) in [6.45, 7) is 1.90. The van der Waals surface area contributed by atoms with E-state index in [1.165, 1.54) is 42.9 Å². The van der Waals surface area contributed by atoms with Crippen molar-refractivity contribution in [3.63, 3.8) is 0 Å². The predicted octanol–water partition coefficient (Wildman–Crippen LogP) is 2.53. The van der Waals surface area contributed by atoms with Crippen LogP contribution in [0, 0.1) is 5.82 Å². The first-order valence-electron chi connectivity index (χ1n) is 13.9. The zero-order valence-corrected chi connectivity index (χ0v) is 24.1. The number of piperazine rings is 1. The van der Waals surface area contributed by atoms with E-state index in [0.29, 0.717) is 43.1 Å². The van der Waals surface area contributed by atoms with Crippen molar-refractivity contribution in [2.75, 3.05) is 47.7 Å². The fourth-order valence-corrected chi connectivity index (χ4v) is 6.16. The number of pyridine rings is 1. The minimum Gasteiger partial charge on any atom is -0.477 e. The number of anilines is 3. The van der Waals surface area contributed by atoms with Gasteiger partial charge in [-0.25, -0.2) is 32.3 Å². The number of halogens is 1. The van der Waals surface area contributed by atoms with Gasteiger partial charge in [0.1, 0.15) is 11.4 Å². The lowest BCUT2D eigenvalue weighted by Gasteiger charge is -2.36. The molecule has 15 heteroatoms. The molecule has 0 bridgehead atoms. The Kier molecular flexibility index (Phi) is 7.73. The summed E-state index contributed by atoms with van der Waals surface area (Å²) >= 11 is 0. The fraction of sp³-hybridized carbons (Fsp3) is 0.276. The van der Waals surface area contributed by atoms with E-state index in [2.05, 4.69) is 20.0 Å². The van der Waals surface area contributed by atoms with Gasteiger partial charge in [0.05, 0.1) is 22.6 Å². The number of carboxylic acids is 1. The van der Waals surface area contributed by atoms with Gasteiger partial charge in [-0.2, -0.15) is 0 Å². The molecule has 1 aliphatic carbocycles. The van der Waals surface area contributed by atoms with Gasteiger partial charge in [-0.05, 0) is 55.3 Å². The molecule has 0 atom stereocenters. The van der Waals surface area contributed by atoms with Gasteiger partial charge in [0, 0.05) is 61.9 Å². The van der Waals surface area contributed by atoms with E-state index in [1.807, 2.05) is 9.80 Å². The fourth-order valence-electron chi connectivity index (χ4n) is 5.21. The summed E-state index contributed by atoms with van der Waals surface area (Å²) in [5.74, 6) is -2.29. The highest BCUT2D eigenvalue weighted by atomic mass is 32.2. The van der Waals surface area contributed by atoms with Crippen LogP contribution < -0.4 is 20.4 Å². The highest BCUT2D eigenvalue weighted by Gasteiger charge is 2.29. The summed E-state index contributed by atoms with van der Waals surface area (Å²) < 4.78 is 44.4. The number of aromatic nitrogens is 3. The van der Waals surface area contributed by atoms with E-state index in [1.54, 1.807) is 16.7 Å². The summed E-state index contributed by atoms with van der Waals surface area (Å²) in [5.41, 5.74) is 0.167. The number of carbonyl (C=O) groups excluding carboxylic acids is 1. The number of hydrogen-bond donors (Lipinski definition) is 3. The first kappa shape index (κ1) is 29.2. The van der Waals surface area contributed by atoms with Crippen LogP contribution >= 0.6 is 0 Å². The molecule has 3 heterocycles. The number of carbonyl (C=O) groups is 2. The van der Waals surface area contributed by atoms with Crippen LogP contribution in [0.5, 0.6) is 0 Å². The zero-order valence-electron chi connectivity index (χ0n) is 23.3. The number of amides is 1. The third-order valence-electron chi connectivity index (χ3n) is 7.59. The van der Waals surface area contributed by atoms with E-state index in [4.69, 9.17) is 0 Å². The van der Waals surface area contributed by atoms with Crippen LogP contribution in [0.2, 0.25) is 0 Å². The first-order chi connectivity index (χ1) is 21.1. The van der Waals surface area contributed by atoms with Crippen LogP contribution in [-0.4, -0.2) is 77.6 Å². The zero-order chi connectivity index (χ0) is 31.0. The summed E-state index contributed by atoms with van der Waals surface area (Å²) in [6, 6.07) is 10.1. The summed E-state index contributed by atoms with van der Waals surface area (Å²) in [4.78, 5) is 48.5. The molecule has 2 fully saturated rings. The van der Waals surface area contributed by atoms with Gasteiger partial charge in [0.25, 0.3) is 10.0 Å². The normalized spacial score (nSPS) is 15.7. The van der Waals surface area contributed by atoms with Gasteiger partial charge < -0.3 is 19.9 Å². The number of nitrogens with one attached hydrogen (secondary N) is 2. The SMILES string of the molecule is O=C(CN1CCN(c2cc3c(cc2F)c(=O)c(C(=O)O)cn3C2CC2)CC1)Nc1ccc(S(=O)(=O)Nc2ncccn2)cc1. The van der Waals surface area contributed by atoms with E-state index in [0.717, 1.165) is 18.9 Å². The largest absolute Gasteiger partial charge is 0.477 e. The molecule has 1 aliphatic heterocycles. The minimum atomic E-state index is -3.90. The molecule has 3 N–H and O–H groups in total. The lowest BCUT2D eigenvalue weighted by molar-refractivity contribution is -0.117. The van der Waals surface area contributed by atoms with Gasteiger partial charge in [-0.3, -0.25) is 14.5 Å². The number of benzene rings is 2. The first-order valence-corrected chi connectivity index (χ1v) is 15.4. The predicted molar refractivity (Wildman–Crippen MR) is 160 cm³/mol. The average molecular weight is 622 g/mol. The third kappa shape index (κ3) is 6.09. The highest BCUT2D eigenvalue weighted by molar-refractivity contribution is 7.92. The Hall–Kier alpha value is -4.89. The van der Waals surface area contributed by atoms with Crippen LogP contribution in [0.4, 0.5) is 21.7 Å². The molecular weight excluding hydrogens is 593 g/mol. The number of fused-ring (bicyclic) bond motifs is 1. The topological polar surface area (TPSA) is 167 Å². The maximum Gasteiger partial charge on any atom is 0.341 e. The second kappa shape index (κ2) is 11.7. The summed E-state index contributed by atoms with van der Waals surface area (Å²) in [6.07, 6.45) is 5.90. The van der Waals surface area contributed by atoms with Gasteiger partial charge in [0.2, 0.25) is 17.3 Å². The van der Waals surface area contributed by atoms with Crippen molar-refractivity contribution in [3.8, 4) is 0 Å². The van der Waals surface area contributed by atoms with Crippen molar-refractivity contribution in [1.82, 2.24) is 19.4 Å². The van der Waals surface area contributed by atoms with Crippen molar-refractivity contribution in [1.29, 1.82) is 0 Å². The molecule has 2 aliphatic rings. The van der Waals surface area contributed by atoms with Crippen molar-refractivity contribution in [3.05, 3.63) is 82.7 Å². The maximum absolute atomic E-state index is 15.3. The number of nitrogens with zero attached hydrogens (tertiary/aromatic N) is 5. The standard InChI is InChI=1S/C29H28FN7O6S/c30-23-14-21-24(37(19-4-5-19)16-22(27(21)39)28(40)41)15-25(23)36-12-10-35(11-13-36)17-26(38)33-18-2-6-20(7-3-18)44(42,43)34-29-31-8-1-9-32-29/h1-3,6-9,14-16,19H,4-5,10-13,17H2,(H,33,38)(H,40,41)(H,31,32,34). The lowest BCUT2D eigenvalue weighted by Crippen LogP contribution is -2.49. The molecule has 44 heavy (non-hydrogen) atoms. The van der Waals surface area contributed by atoms with Crippen molar-refractivity contribution >= 4 is 50.1 Å². The second-order valence-electron chi connectivity index (χ2n) is 10.6. The molecule has 1 amide bonds. The quantitative estimate of drug-likeness (QED) is 0.253. The molecule has 0 spiro atoms. The Balaban J connectivity index is 1.08. The van der Waals surface area contributed by atoms with Crippen molar-refractivity contribution in [2.24, 2.45) is 0 Å². The van der Waals surface area contributed by atoms with Crippen molar-refractivity contribution < 1.29 is 27.5 Å². The molecule has 2 aromatic carbocycles. The molecule has 6 rings (SSSR count). The van der Waals surface area contributed by atoms with Gasteiger partial charge in [-0.15, -0.1) is 0 Å². The van der Waals surface area contributed by atoms with E-state index >= 15 is 4.39 Å². The van der Waals surface area contributed by atoms with Gasteiger partial charge in [0.15, 0.2) is 0 Å². The Morgan fingerprint density at radius 1 is 1.02 bits per heavy atom. The number of rotatable bonds is 9. The monoisotopic (exact) mass is 621 g/mol. The Labute approximate surface area is 251 Å². The average Bonchev–Trinajstić information content (AvgIpc) is 3.84. The smallest absolute Gasteiger partial charge is 0.341 e. The second-order valence-corrected chi connectivity index (χ2v) is 12.3. The number of hydrogen-bond acceptors (Lipinski definition) is 9. The van der Waals surface area contributed by atoms with Gasteiger partial charge >= 0.3 is 5.97 Å². The molecule has 1 saturated heterocycles. The number of carboxylic acid groups (broad SMARTS) is 1. The summed E-state index contributed by atoms with van der Waals surface area (Å²) in [5, 5.41) is 12.3. The minimum absolute atomic E-state index is 0.0172. The Bertz CT molecular complexity index is 1910. The molecule has 228 valence electrons. The summed E-state index contributed by atoms with van der Waals surface area (Å²) in [7, 11) is -3.90. The van der Waals surface area contributed by atoms with Crippen LogP contribution in [0.3, 0.4) is 0 Å². The Morgan fingerprint density at radius 2 is 1.70 bits per heavy atom. The van der Waals surface area contributed by atoms with Crippen LogP contribution in [0.1, 0.15) is 29.2 Å². The highest BCUT2D eigenvalue weighted by Crippen LogP contribution is 2.38. The molecule has 13 nitrogen and oxygen atoms in total. The van der Waals surface area contributed by atoms with Crippen LogP contribution in [0.15, 0.2) is 70.7 Å². The molecule has 0 unspecified atom stereocenters. The Morgan fingerprint density at radius 3 is 2.34 bits per heavy atom. The molecule has 4 aromatic rings.